The molecule has 0 spiro atoms. The first kappa shape index (κ1) is 26.5. The van der Waals surface area contributed by atoms with E-state index in [-0.39, 0.29) is 41.0 Å². The second kappa shape index (κ2) is 10.9. The number of ether oxygens (including phenoxy) is 1. The number of benzene rings is 2. The van der Waals surface area contributed by atoms with Crippen molar-refractivity contribution in [2.45, 2.75) is 25.0 Å². The average molecular weight is 530 g/mol. The van der Waals surface area contributed by atoms with Gasteiger partial charge in [-0.2, -0.15) is 5.26 Å². The van der Waals surface area contributed by atoms with Crippen LogP contribution < -0.4 is 10.5 Å². The van der Waals surface area contributed by atoms with Crippen LogP contribution in [0.5, 0.6) is 0 Å². The molecule has 1 aliphatic rings. The van der Waals surface area contributed by atoms with Gasteiger partial charge in [0.2, 0.25) is 0 Å². The zero-order chi connectivity index (χ0) is 27.7. The van der Waals surface area contributed by atoms with Crippen molar-refractivity contribution in [3.05, 3.63) is 106 Å². The highest BCUT2D eigenvalue weighted by atomic mass is 19.1. The van der Waals surface area contributed by atoms with Crippen molar-refractivity contribution in [1.29, 1.82) is 5.26 Å². The maximum absolute atomic E-state index is 13.8. The molecule has 1 aliphatic heterocycles. The third kappa shape index (κ3) is 5.13. The summed E-state index contributed by atoms with van der Waals surface area (Å²) in [5.74, 6) is -0.657. The summed E-state index contributed by atoms with van der Waals surface area (Å²) in [5, 5.41) is 9.47. The van der Waals surface area contributed by atoms with Crippen LogP contribution in [0.1, 0.15) is 29.8 Å². The molecule has 2 atom stereocenters. The Hall–Kier alpha value is -4.13. The number of halogens is 2. The molecule has 0 amide bonds. The van der Waals surface area contributed by atoms with Crippen molar-refractivity contribution in [3.8, 4) is 6.07 Å². The molecule has 0 bridgehead atoms. The minimum Gasteiger partial charge on any atom is -0.383 e. The summed E-state index contributed by atoms with van der Waals surface area (Å²) in [6, 6.07) is 19.3. The number of nitriles is 1. The van der Waals surface area contributed by atoms with Gasteiger partial charge in [-0.15, -0.1) is 0 Å². The number of aromatic nitrogens is 2. The Morgan fingerprint density at radius 1 is 1.03 bits per heavy atom. The molecular weight excluding hydrogens is 500 g/mol. The predicted octanol–water partition coefficient (Wildman–Crippen LogP) is 4.40. The fourth-order valence-corrected chi connectivity index (χ4v) is 5.52. The van der Waals surface area contributed by atoms with E-state index in [1.165, 1.54) is 28.8 Å². The molecule has 2 aromatic carbocycles. The van der Waals surface area contributed by atoms with Crippen LogP contribution in [0.3, 0.4) is 0 Å². The highest BCUT2D eigenvalue weighted by molar-refractivity contribution is 5.89. The van der Waals surface area contributed by atoms with E-state index in [2.05, 4.69) is 27.8 Å². The standard InChI is InChI=1S/C30H29F2N5O2/c1-19-16-37(30(20-4-8-22(31)9-5-20)21-6-10-23(32)11-7-21)25(18-39-3)17-36(19)27-14-28(38)35(2)26-13-12-24(15-33)34-29(26)27/h4-14,19,25,30H,16-18H2,1-3H3/t19-,25-/m0/s1. The van der Waals surface area contributed by atoms with Gasteiger partial charge in [0, 0.05) is 39.4 Å². The topological polar surface area (TPSA) is 74.4 Å². The molecule has 9 heteroatoms. The summed E-state index contributed by atoms with van der Waals surface area (Å²) in [4.78, 5) is 21.9. The molecule has 2 aromatic heterocycles. The smallest absolute Gasteiger partial charge is 0.252 e. The molecule has 0 saturated carbocycles. The van der Waals surface area contributed by atoms with Gasteiger partial charge in [-0.3, -0.25) is 9.69 Å². The van der Waals surface area contributed by atoms with Gasteiger partial charge >= 0.3 is 0 Å². The number of hydrogen-bond acceptors (Lipinski definition) is 6. The maximum Gasteiger partial charge on any atom is 0.252 e. The van der Waals surface area contributed by atoms with Gasteiger partial charge in [0.25, 0.3) is 5.56 Å². The molecule has 4 aromatic rings. The minimum atomic E-state index is -0.329. The fraction of sp³-hybridized carbons (Fsp3) is 0.300. The Morgan fingerprint density at radius 3 is 2.21 bits per heavy atom. The van der Waals surface area contributed by atoms with Crippen LogP contribution in [0, 0.1) is 23.0 Å². The summed E-state index contributed by atoms with van der Waals surface area (Å²) in [6.45, 7) is 3.54. The van der Waals surface area contributed by atoms with E-state index in [9.17, 15) is 18.8 Å². The number of aryl methyl sites for hydroxylation is 1. The van der Waals surface area contributed by atoms with Crippen LogP contribution in [-0.2, 0) is 11.8 Å². The molecule has 0 unspecified atom stereocenters. The van der Waals surface area contributed by atoms with Gasteiger partial charge in [0.05, 0.1) is 29.9 Å². The second-order valence-corrected chi connectivity index (χ2v) is 9.92. The highest BCUT2D eigenvalue weighted by Crippen LogP contribution is 2.36. The molecule has 7 nitrogen and oxygen atoms in total. The zero-order valence-corrected chi connectivity index (χ0v) is 22.0. The number of methoxy groups -OCH3 is 1. The Balaban J connectivity index is 1.59. The zero-order valence-electron chi connectivity index (χ0n) is 22.0. The summed E-state index contributed by atoms with van der Waals surface area (Å²) in [6.07, 6.45) is 0. The number of rotatable bonds is 6. The third-order valence-corrected chi connectivity index (χ3v) is 7.44. The number of anilines is 1. The van der Waals surface area contributed by atoms with E-state index >= 15 is 0 Å². The largest absolute Gasteiger partial charge is 0.383 e. The third-order valence-electron chi connectivity index (χ3n) is 7.44. The van der Waals surface area contributed by atoms with Crippen LogP contribution in [0.15, 0.2) is 71.5 Å². The first-order chi connectivity index (χ1) is 18.8. The van der Waals surface area contributed by atoms with Gasteiger partial charge < -0.3 is 14.2 Å². The Morgan fingerprint density at radius 2 is 1.64 bits per heavy atom. The Labute approximate surface area is 225 Å². The van der Waals surface area contributed by atoms with Crippen molar-refractivity contribution in [2.75, 3.05) is 31.7 Å². The maximum atomic E-state index is 13.8. The van der Waals surface area contributed by atoms with Gasteiger partial charge in [0.1, 0.15) is 28.9 Å². The summed E-state index contributed by atoms with van der Waals surface area (Å²) in [7, 11) is 3.33. The molecule has 3 heterocycles. The molecule has 1 saturated heterocycles. The SMILES string of the molecule is COC[C@@H]1CN(c2cc(=O)n(C)c3ccc(C#N)nc23)[C@@H](C)CN1C(c1ccc(F)cc1)c1ccc(F)cc1. The molecule has 39 heavy (non-hydrogen) atoms. The Bertz CT molecular complexity index is 1540. The van der Waals surface area contributed by atoms with Crippen LogP contribution in [0.4, 0.5) is 14.5 Å². The van der Waals surface area contributed by atoms with Crippen molar-refractivity contribution in [3.63, 3.8) is 0 Å². The predicted molar refractivity (Wildman–Crippen MR) is 146 cm³/mol. The summed E-state index contributed by atoms with van der Waals surface area (Å²) in [5.41, 5.74) is 3.75. The van der Waals surface area contributed by atoms with Gasteiger partial charge in [-0.05, 0) is 54.4 Å². The lowest BCUT2D eigenvalue weighted by Gasteiger charge is -2.49. The monoisotopic (exact) mass is 529 g/mol. The first-order valence-corrected chi connectivity index (χ1v) is 12.7. The van der Waals surface area contributed by atoms with Crippen molar-refractivity contribution in [2.24, 2.45) is 7.05 Å². The van der Waals surface area contributed by atoms with Crippen LogP contribution >= 0.6 is 0 Å². The van der Waals surface area contributed by atoms with Crippen LogP contribution in [0.2, 0.25) is 0 Å². The van der Waals surface area contributed by atoms with Gasteiger partial charge in [0.15, 0.2) is 0 Å². The molecule has 1 fully saturated rings. The molecule has 200 valence electrons. The van der Waals surface area contributed by atoms with Gasteiger partial charge in [-0.1, -0.05) is 24.3 Å². The fourth-order valence-electron chi connectivity index (χ4n) is 5.52. The number of nitrogens with zero attached hydrogens (tertiary/aromatic N) is 5. The minimum absolute atomic E-state index is 0.0654. The quantitative estimate of drug-likeness (QED) is 0.369. The lowest BCUT2D eigenvalue weighted by Crippen LogP contribution is -2.60. The average Bonchev–Trinajstić information content (AvgIpc) is 2.94. The van der Waals surface area contributed by atoms with Crippen molar-refractivity contribution < 1.29 is 13.5 Å². The van der Waals surface area contributed by atoms with E-state index in [1.807, 2.05) is 0 Å². The Kier molecular flexibility index (Phi) is 7.42. The van der Waals surface area contributed by atoms with E-state index in [4.69, 9.17) is 4.74 Å². The van der Waals surface area contributed by atoms with E-state index in [1.54, 1.807) is 56.6 Å². The molecule has 0 aliphatic carbocycles. The van der Waals surface area contributed by atoms with E-state index < -0.39 is 0 Å². The van der Waals surface area contributed by atoms with Crippen molar-refractivity contribution >= 4 is 16.7 Å². The molecule has 5 rings (SSSR count). The summed E-state index contributed by atoms with van der Waals surface area (Å²) < 4.78 is 34.9. The molecule has 0 radical (unpaired) electrons. The number of fused-ring (bicyclic) bond motifs is 1. The van der Waals surface area contributed by atoms with Gasteiger partial charge in [-0.25, -0.2) is 13.8 Å². The van der Waals surface area contributed by atoms with Crippen LogP contribution in [0.25, 0.3) is 11.0 Å². The van der Waals surface area contributed by atoms with E-state index in [0.29, 0.717) is 36.4 Å². The highest BCUT2D eigenvalue weighted by Gasteiger charge is 2.38. The molecular formula is C30H29F2N5O2. The molecule has 0 N–H and O–H groups in total. The van der Waals surface area contributed by atoms with Crippen LogP contribution in [-0.4, -0.2) is 53.3 Å². The van der Waals surface area contributed by atoms with Crippen molar-refractivity contribution in [1.82, 2.24) is 14.5 Å². The second-order valence-electron chi connectivity index (χ2n) is 9.92. The first-order valence-electron chi connectivity index (χ1n) is 12.7. The lowest BCUT2D eigenvalue weighted by atomic mass is 9.93. The van der Waals surface area contributed by atoms with E-state index in [0.717, 1.165) is 11.1 Å². The number of hydrogen-bond donors (Lipinski definition) is 0. The number of pyridine rings is 2. The number of piperazine rings is 1. The summed E-state index contributed by atoms with van der Waals surface area (Å²) >= 11 is 0. The lowest BCUT2D eigenvalue weighted by molar-refractivity contribution is 0.0521. The normalized spacial score (nSPS) is 18.0.